The predicted molar refractivity (Wildman–Crippen MR) is 87.8 cm³/mol. The minimum Gasteiger partial charge on any atom is -0.294 e. The molecule has 0 aromatic heterocycles. The lowest BCUT2D eigenvalue weighted by Gasteiger charge is -1.99. The molecular weight excluding hydrogens is 368 g/mol. The summed E-state index contributed by atoms with van der Waals surface area (Å²) in [6, 6.07) is 13.9. The van der Waals surface area contributed by atoms with Gasteiger partial charge in [0.15, 0.2) is 5.78 Å². The second kappa shape index (κ2) is 7.61. The van der Waals surface area contributed by atoms with Crippen LogP contribution in [0.15, 0.2) is 51.4 Å². The molecule has 2 aromatic rings. The first kappa shape index (κ1) is 16.1. The Balaban J connectivity index is 0.000000200. The standard InChI is InChI=1S/C9H9BrO.C7H7Br/c1-6-3-4-8(7(2)11)9(10)5-6;1-6-3-2-4-7(8)5-6/h3-5H,1-2H3;2-5H,1H3. The fourth-order valence-corrected chi connectivity index (χ4v) is 2.80. The number of Topliss-reactive ketones (excluding diaryl/α,β-unsaturated/α-hetero) is 1. The lowest BCUT2D eigenvalue weighted by molar-refractivity contribution is 0.101. The third-order valence-electron chi connectivity index (χ3n) is 2.48. The predicted octanol–water partition coefficient (Wildman–Crippen LogP) is 5.72. The highest BCUT2D eigenvalue weighted by Crippen LogP contribution is 2.18. The van der Waals surface area contributed by atoms with Gasteiger partial charge in [-0.15, -0.1) is 0 Å². The minimum absolute atomic E-state index is 0.0943. The molecule has 0 spiro atoms. The van der Waals surface area contributed by atoms with Crippen LogP contribution in [0.2, 0.25) is 0 Å². The Labute approximate surface area is 131 Å². The lowest BCUT2D eigenvalue weighted by atomic mass is 10.1. The zero-order valence-corrected chi connectivity index (χ0v) is 14.4. The highest BCUT2D eigenvalue weighted by atomic mass is 79.9. The molecule has 100 valence electrons. The molecule has 19 heavy (non-hydrogen) atoms. The zero-order chi connectivity index (χ0) is 14.4. The molecule has 0 bridgehead atoms. The summed E-state index contributed by atoms with van der Waals surface area (Å²) in [7, 11) is 0. The van der Waals surface area contributed by atoms with E-state index in [1.165, 1.54) is 5.56 Å². The highest BCUT2D eigenvalue weighted by Gasteiger charge is 2.03. The zero-order valence-electron chi connectivity index (χ0n) is 11.2. The van der Waals surface area contributed by atoms with Crippen LogP contribution in [0.1, 0.15) is 28.4 Å². The normalized spacial score (nSPS) is 9.53. The molecule has 0 fully saturated rings. The van der Waals surface area contributed by atoms with E-state index in [4.69, 9.17) is 0 Å². The lowest BCUT2D eigenvalue weighted by Crippen LogP contribution is -1.93. The van der Waals surface area contributed by atoms with Crippen LogP contribution >= 0.6 is 31.9 Å². The van der Waals surface area contributed by atoms with Gasteiger partial charge in [0.05, 0.1) is 0 Å². The van der Waals surface area contributed by atoms with Crippen LogP contribution < -0.4 is 0 Å². The van der Waals surface area contributed by atoms with Crippen molar-refractivity contribution in [3.8, 4) is 0 Å². The Kier molecular flexibility index (Phi) is 6.46. The molecule has 0 unspecified atom stereocenters. The summed E-state index contributed by atoms with van der Waals surface area (Å²) in [5.74, 6) is 0.0943. The fraction of sp³-hybridized carbons (Fsp3) is 0.188. The van der Waals surface area contributed by atoms with Gasteiger partial charge in [-0.05, 0) is 44.5 Å². The van der Waals surface area contributed by atoms with Crippen molar-refractivity contribution in [2.45, 2.75) is 20.8 Å². The van der Waals surface area contributed by atoms with E-state index in [0.717, 1.165) is 20.1 Å². The van der Waals surface area contributed by atoms with E-state index in [0.29, 0.717) is 0 Å². The van der Waals surface area contributed by atoms with E-state index >= 15 is 0 Å². The van der Waals surface area contributed by atoms with Gasteiger partial charge in [0.2, 0.25) is 0 Å². The maximum Gasteiger partial charge on any atom is 0.160 e. The molecule has 0 heterocycles. The molecule has 0 saturated carbocycles. The van der Waals surface area contributed by atoms with Crippen molar-refractivity contribution >= 4 is 37.6 Å². The van der Waals surface area contributed by atoms with Crippen molar-refractivity contribution in [1.82, 2.24) is 0 Å². The van der Waals surface area contributed by atoms with Gasteiger partial charge in [-0.25, -0.2) is 0 Å². The first-order valence-electron chi connectivity index (χ1n) is 5.89. The molecular formula is C16H16Br2O. The number of rotatable bonds is 1. The number of ketones is 1. The summed E-state index contributed by atoms with van der Waals surface area (Å²) in [5.41, 5.74) is 3.19. The van der Waals surface area contributed by atoms with E-state index in [-0.39, 0.29) is 5.78 Å². The molecule has 0 aliphatic rings. The summed E-state index contributed by atoms with van der Waals surface area (Å²) in [6.45, 7) is 5.63. The molecule has 0 atom stereocenters. The number of carbonyl (C=O) groups excluding carboxylic acids is 1. The molecule has 0 amide bonds. The SMILES string of the molecule is CC(=O)c1ccc(C)cc1Br.Cc1cccc(Br)c1. The van der Waals surface area contributed by atoms with E-state index in [1.54, 1.807) is 6.92 Å². The second-order valence-electron chi connectivity index (χ2n) is 4.34. The van der Waals surface area contributed by atoms with Crippen LogP contribution in [-0.4, -0.2) is 5.78 Å². The van der Waals surface area contributed by atoms with Crippen molar-refractivity contribution in [2.75, 3.05) is 0 Å². The van der Waals surface area contributed by atoms with Gasteiger partial charge in [0, 0.05) is 14.5 Å². The summed E-state index contributed by atoms with van der Waals surface area (Å²) in [4.78, 5) is 10.9. The van der Waals surface area contributed by atoms with Gasteiger partial charge in [0.25, 0.3) is 0 Å². The molecule has 0 N–H and O–H groups in total. The van der Waals surface area contributed by atoms with Crippen molar-refractivity contribution in [1.29, 1.82) is 0 Å². The highest BCUT2D eigenvalue weighted by molar-refractivity contribution is 9.10. The van der Waals surface area contributed by atoms with Crippen molar-refractivity contribution in [3.63, 3.8) is 0 Å². The second-order valence-corrected chi connectivity index (χ2v) is 6.11. The Hall–Kier alpha value is -0.930. The average molecular weight is 384 g/mol. The van der Waals surface area contributed by atoms with E-state index in [1.807, 2.05) is 37.3 Å². The van der Waals surface area contributed by atoms with E-state index in [2.05, 4.69) is 50.9 Å². The average Bonchev–Trinajstić information content (AvgIpc) is 2.28. The Morgan fingerprint density at radius 3 is 2.00 bits per heavy atom. The first-order valence-corrected chi connectivity index (χ1v) is 7.48. The summed E-state index contributed by atoms with van der Waals surface area (Å²) in [5, 5.41) is 0. The smallest absolute Gasteiger partial charge is 0.160 e. The van der Waals surface area contributed by atoms with Crippen LogP contribution in [0.5, 0.6) is 0 Å². The van der Waals surface area contributed by atoms with Gasteiger partial charge < -0.3 is 0 Å². The third-order valence-corrected chi connectivity index (χ3v) is 3.63. The fourth-order valence-electron chi connectivity index (χ4n) is 1.51. The van der Waals surface area contributed by atoms with E-state index in [9.17, 15) is 4.79 Å². The Morgan fingerprint density at radius 1 is 0.947 bits per heavy atom. The molecule has 2 aromatic carbocycles. The van der Waals surface area contributed by atoms with Gasteiger partial charge in [-0.2, -0.15) is 0 Å². The Bertz CT molecular complexity index is 559. The quantitative estimate of drug-likeness (QED) is 0.575. The molecule has 3 heteroatoms. The van der Waals surface area contributed by atoms with Crippen molar-refractivity contribution in [3.05, 3.63) is 68.1 Å². The van der Waals surface area contributed by atoms with Crippen LogP contribution in [0.4, 0.5) is 0 Å². The van der Waals surface area contributed by atoms with Crippen LogP contribution in [0.25, 0.3) is 0 Å². The molecule has 2 rings (SSSR count). The first-order chi connectivity index (χ1) is 8.90. The molecule has 1 nitrogen and oxygen atoms in total. The number of hydrogen-bond acceptors (Lipinski definition) is 1. The largest absolute Gasteiger partial charge is 0.294 e. The monoisotopic (exact) mass is 382 g/mol. The summed E-state index contributed by atoms with van der Waals surface area (Å²) < 4.78 is 2.03. The number of hydrogen-bond donors (Lipinski definition) is 0. The number of benzene rings is 2. The molecule has 0 radical (unpaired) electrons. The van der Waals surface area contributed by atoms with Gasteiger partial charge in [0.1, 0.15) is 0 Å². The van der Waals surface area contributed by atoms with Crippen molar-refractivity contribution < 1.29 is 4.79 Å². The molecule has 0 aliphatic carbocycles. The van der Waals surface area contributed by atoms with Gasteiger partial charge >= 0.3 is 0 Å². The van der Waals surface area contributed by atoms with Crippen LogP contribution in [0.3, 0.4) is 0 Å². The van der Waals surface area contributed by atoms with Crippen molar-refractivity contribution in [2.24, 2.45) is 0 Å². The summed E-state index contributed by atoms with van der Waals surface area (Å²) in [6.07, 6.45) is 0. The van der Waals surface area contributed by atoms with Crippen LogP contribution in [-0.2, 0) is 0 Å². The number of halogens is 2. The molecule has 0 aliphatic heterocycles. The van der Waals surface area contributed by atoms with Gasteiger partial charge in [-0.3, -0.25) is 4.79 Å². The topological polar surface area (TPSA) is 17.1 Å². The number of aryl methyl sites for hydroxylation is 2. The third kappa shape index (κ3) is 5.70. The number of carbonyl (C=O) groups is 1. The van der Waals surface area contributed by atoms with E-state index < -0.39 is 0 Å². The summed E-state index contributed by atoms with van der Waals surface area (Å²) >= 11 is 6.69. The van der Waals surface area contributed by atoms with Crippen LogP contribution in [0, 0.1) is 13.8 Å². The Morgan fingerprint density at radius 2 is 1.58 bits per heavy atom. The minimum atomic E-state index is 0.0943. The van der Waals surface area contributed by atoms with Gasteiger partial charge in [-0.1, -0.05) is 61.7 Å². The maximum absolute atomic E-state index is 10.9. The molecule has 0 saturated heterocycles. The maximum atomic E-state index is 10.9.